The second kappa shape index (κ2) is 4.26. The molecule has 0 bridgehead atoms. The fraction of sp³-hybridized carbons (Fsp3) is 0.667. The molecule has 1 unspecified atom stereocenters. The normalized spacial score (nSPS) is 14.8. The van der Waals surface area contributed by atoms with Crippen LogP contribution < -0.4 is 5.32 Å². The van der Waals surface area contributed by atoms with Gasteiger partial charge in [0.2, 0.25) is 5.91 Å². The van der Waals surface area contributed by atoms with Crippen molar-refractivity contribution >= 4 is 5.91 Å². The fourth-order valence-electron chi connectivity index (χ4n) is 0.589. The first-order valence-corrected chi connectivity index (χ1v) is 4.03. The van der Waals surface area contributed by atoms with Crippen LogP contribution in [-0.2, 0) is 4.79 Å². The molecule has 3 heteroatoms. The number of aliphatic hydroxyl groups is 1. The van der Waals surface area contributed by atoms with Gasteiger partial charge < -0.3 is 10.4 Å². The molecule has 0 aliphatic rings. The SMILES string of the molecule is C/C=C/C(=O)NC(C)C(C)(C)O. The van der Waals surface area contributed by atoms with E-state index in [4.69, 9.17) is 0 Å². The molecule has 0 aliphatic heterocycles. The summed E-state index contributed by atoms with van der Waals surface area (Å²) in [5, 5.41) is 12.1. The highest BCUT2D eigenvalue weighted by Crippen LogP contribution is 2.06. The summed E-state index contributed by atoms with van der Waals surface area (Å²) in [6.07, 6.45) is 3.09. The van der Waals surface area contributed by atoms with Gasteiger partial charge in [0.25, 0.3) is 0 Å². The average molecular weight is 171 g/mol. The summed E-state index contributed by atoms with van der Waals surface area (Å²) >= 11 is 0. The Kier molecular flexibility index (Phi) is 3.96. The van der Waals surface area contributed by atoms with Gasteiger partial charge in [0.15, 0.2) is 0 Å². The Hall–Kier alpha value is -0.830. The largest absolute Gasteiger partial charge is 0.388 e. The molecule has 0 radical (unpaired) electrons. The van der Waals surface area contributed by atoms with E-state index in [1.807, 2.05) is 0 Å². The van der Waals surface area contributed by atoms with E-state index in [-0.39, 0.29) is 11.9 Å². The van der Waals surface area contributed by atoms with E-state index in [1.54, 1.807) is 33.8 Å². The maximum absolute atomic E-state index is 11.0. The van der Waals surface area contributed by atoms with E-state index in [9.17, 15) is 9.90 Å². The first kappa shape index (κ1) is 11.2. The van der Waals surface area contributed by atoms with E-state index in [0.29, 0.717) is 0 Å². The van der Waals surface area contributed by atoms with Crippen molar-refractivity contribution in [3.05, 3.63) is 12.2 Å². The van der Waals surface area contributed by atoms with E-state index < -0.39 is 5.60 Å². The van der Waals surface area contributed by atoms with Crippen LogP contribution >= 0.6 is 0 Å². The Morgan fingerprint density at radius 3 is 2.42 bits per heavy atom. The number of allylic oxidation sites excluding steroid dienone is 1. The lowest BCUT2D eigenvalue weighted by atomic mass is 10.0. The molecule has 0 aromatic heterocycles. The first-order chi connectivity index (χ1) is 5.38. The summed E-state index contributed by atoms with van der Waals surface area (Å²) in [6.45, 7) is 6.86. The fourth-order valence-corrected chi connectivity index (χ4v) is 0.589. The molecule has 3 nitrogen and oxygen atoms in total. The van der Waals surface area contributed by atoms with Crippen molar-refractivity contribution in [1.82, 2.24) is 5.32 Å². The second-order valence-corrected chi connectivity index (χ2v) is 3.38. The van der Waals surface area contributed by atoms with Crippen LogP contribution in [0.1, 0.15) is 27.7 Å². The molecule has 0 fully saturated rings. The summed E-state index contributed by atoms with van der Waals surface area (Å²) < 4.78 is 0. The maximum atomic E-state index is 11.0. The predicted molar refractivity (Wildman–Crippen MR) is 48.7 cm³/mol. The van der Waals surface area contributed by atoms with Crippen LogP contribution in [0, 0.1) is 0 Å². The summed E-state index contributed by atoms with van der Waals surface area (Å²) in [4.78, 5) is 11.0. The summed E-state index contributed by atoms with van der Waals surface area (Å²) in [5.41, 5.74) is -0.878. The molecule has 1 amide bonds. The Morgan fingerprint density at radius 2 is 2.08 bits per heavy atom. The molecule has 70 valence electrons. The van der Waals surface area contributed by atoms with E-state index in [2.05, 4.69) is 5.32 Å². The highest BCUT2D eigenvalue weighted by atomic mass is 16.3. The smallest absolute Gasteiger partial charge is 0.243 e. The zero-order valence-electron chi connectivity index (χ0n) is 8.09. The quantitative estimate of drug-likeness (QED) is 0.618. The van der Waals surface area contributed by atoms with Gasteiger partial charge in [0.05, 0.1) is 11.6 Å². The molecule has 0 heterocycles. The minimum Gasteiger partial charge on any atom is -0.388 e. The van der Waals surface area contributed by atoms with Crippen molar-refractivity contribution < 1.29 is 9.90 Å². The molecule has 2 N–H and O–H groups in total. The average Bonchev–Trinajstić information content (AvgIpc) is 1.85. The summed E-state index contributed by atoms with van der Waals surface area (Å²) in [5.74, 6) is -0.174. The van der Waals surface area contributed by atoms with Crippen LogP contribution in [0.5, 0.6) is 0 Å². The molecule has 0 aromatic rings. The van der Waals surface area contributed by atoms with Gasteiger partial charge in [0.1, 0.15) is 0 Å². The molecule has 1 atom stereocenters. The number of rotatable bonds is 3. The Balaban J connectivity index is 4.01. The molecule has 12 heavy (non-hydrogen) atoms. The molecule has 0 spiro atoms. The minimum absolute atomic E-state index is 0.174. The zero-order chi connectivity index (χ0) is 9.78. The van der Waals surface area contributed by atoms with Crippen molar-refractivity contribution in [1.29, 1.82) is 0 Å². The second-order valence-electron chi connectivity index (χ2n) is 3.38. The minimum atomic E-state index is -0.878. The predicted octanol–water partition coefficient (Wildman–Crippen LogP) is 0.838. The Bertz CT molecular complexity index is 179. The van der Waals surface area contributed by atoms with Crippen LogP contribution in [0.25, 0.3) is 0 Å². The van der Waals surface area contributed by atoms with Gasteiger partial charge in [-0.05, 0) is 33.8 Å². The molecular formula is C9H17NO2. The van der Waals surface area contributed by atoms with Crippen LogP contribution in [0.2, 0.25) is 0 Å². The van der Waals surface area contributed by atoms with Gasteiger partial charge in [-0.2, -0.15) is 0 Å². The molecule has 0 saturated heterocycles. The van der Waals surface area contributed by atoms with Crippen LogP contribution in [-0.4, -0.2) is 22.7 Å². The van der Waals surface area contributed by atoms with Crippen molar-refractivity contribution in [2.75, 3.05) is 0 Å². The van der Waals surface area contributed by atoms with Crippen molar-refractivity contribution in [3.63, 3.8) is 0 Å². The van der Waals surface area contributed by atoms with Gasteiger partial charge in [-0.1, -0.05) is 6.08 Å². The van der Waals surface area contributed by atoms with Gasteiger partial charge >= 0.3 is 0 Å². The van der Waals surface area contributed by atoms with Crippen molar-refractivity contribution in [2.45, 2.75) is 39.3 Å². The first-order valence-electron chi connectivity index (χ1n) is 4.03. The summed E-state index contributed by atoms with van der Waals surface area (Å²) in [6, 6.07) is -0.249. The van der Waals surface area contributed by atoms with Gasteiger partial charge in [0, 0.05) is 0 Å². The number of hydrogen-bond donors (Lipinski definition) is 2. The van der Waals surface area contributed by atoms with Crippen LogP contribution in [0.4, 0.5) is 0 Å². The standard InChI is InChI=1S/C9H17NO2/c1-5-6-8(11)10-7(2)9(3,4)12/h5-7,12H,1-4H3,(H,10,11)/b6-5+. The molecule has 0 saturated carbocycles. The number of amides is 1. The highest BCUT2D eigenvalue weighted by Gasteiger charge is 2.22. The van der Waals surface area contributed by atoms with Gasteiger partial charge in [-0.15, -0.1) is 0 Å². The van der Waals surface area contributed by atoms with Gasteiger partial charge in [-0.25, -0.2) is 0 Å². The summed E-state index contributed by atoms with van der Waals surface area (Å²) in [7, 11) is 0. The Labute approximate surface area is 73.5 Å². The van der Waals surface area contributed by atoms with Crippen molar-refractivity contribution in [3.8, 4) is 0 Å². The molecule has 0 aliphatic carbocycles. The third-order valence-electron chi connectivity index (χ3n) is 1.74. The molecular weight excluding hydrogens is 154 g/mol. The number of nitrogens with one attached hydrogen (secondary N) is 1. The molecule has 0 rings (SSSR count). The number of hydrogen-bond acceptors (Lipinski definition) is 2. The van der Waals surface area contributed by atoms with Gasteiger partial charge in [-0.3, -0.25) is 4.79 Å². The third kappa shape index (κ3) is 4.13. The topological polar surface area (TPSA) is 49.3 Å². The van der Waals surface area contributed by atoms with E-state index in [0.717, 1.165) is 0 Å². The van der Waals surface area contributed by atoms with Crippen molar-refractivity contribution in [2.24, 2.45) is 0 Å². The lowest BCUT2D eigenvalue weighted by Gasteiger charge is -2.26. The van der Waals surface area contributed by atoms with Crippen LogP contribution in [0.15, 0.2) is 12.2 Å². The lowest BCUT2D eigenvalue weighted by molar-refractivity contribution is -0.118. The maximum Gasteiger partial charge on any atom is 0.243 e. The molecule has 0 aromatic carbocycles. The van der Waals surface area contributed by atoms with Crippen LogP contribution in [0.3, 0.4) is 0 Å². The van der Waals surface area contributed by atoms with E-state index >= 15 is 0 Å². The highest BCUT2D eigenvalue weighted by molar-refractivity contribution is 5.87. The number of carbonyl (C=O) groups excluding carboxylic acids is 1. The zero-order valence-corrected chi connectivity index (χ0v) is 8.09. The number of carbonyl (C=O) groups is 1. The third-order valence-corrected chi connectivity index (χ3v) is 1.74. The Morgan fingerprint density at radius 1 is 1.58 bits per heavy atom. The van der Waals surface area contributed by atoms with E-state index in [1.165, 1.54) is 6.08 Å². The lowest BCUT2D eigenvalue weighted by Crippen LogP contribution is -2.46. The monoisotopic (exact) mass is 171 g/mol.